The van der Waals surface area contributed by atoms with Gasteiger partial charge in [-0.25, -0.2) is 4.79 Å². The van der Waals surface area contributed by atoms with Crippen LogP contribution >= 0.6 is 23.8 Å². The number of aromatic nitrogens is 1. The minimum Gasteiger partial charge on any atom is -0.462 e. The van der Waals surface area contributed by atoms with Crippen LogP contribution in [0, 0.1) is 20.8 Å². The summed E-state index contributed by atoms with van der Waals surface area (Å²) in [5.41, 5.74) is 4.80. The van der Waals surface area contributed by atoms with E-state index in [2.05, 4.69) is 5.32 Å². The van der Waals surface area contributed by atoms with Gasteiger partial charge in [-0.05, 0) is 93.5 Å². The number of nitrogens with zero attached hydrogens (tertiary/aromatic N) is 2. The number of halogens is 1. The fraction of sp³-hybridized carbons (Fsp3) is 0.185. The lowest BCUT2D eigenvalue weighted by molar-refractivity contribution is -0.122. The molecule has 1 aromatic heterocycles. The Morgan fingerprint density at radius 3 is 2.53 bits per heavy atom. The average molecular weight is 522 g/mol. The summed E-state index contributed by atoms with van der Waals surface area (Å²) in [7, 11) is 0. The first-order valence-electron chi connectivity index (χ1n) is 11.3. The van der Waals surface area contributed by atoms with E-state index in [-0.39, 0.29) is 17.3 Å². The van der Waals surface area contributed by atoms with E-state index < -0.39 is 17.8 Å². The minimum absolute atomic E-state index is 0.0108. The molecule has 7 nitrogen and oxygen atoms in total. The molecule has 2 aromatic carbocycles. The van der Waals surface area contributed by atoms with Gasteiger partial charge in [-0.15, -0.1) is 0 Å². The summed E-state index contributed by atoms with van der Waals surface area (Å²) in [6, 6.07) is 14.1. The average Bonchev–Trinajstić information content (AvgIpc) is 3.11. The summed E-state index contributed by atoms with van der Waals surface area (Å²) in [5.74, 6) is -1.52. The Hall–Kier alpha value is -3.75. The predicted molar refractivity (Wildman–Crippen MR) is 144 cm³/mol. The van der Waals surface area contributed by atoms with Gasteiger partial charge in [-0.3, -0.25) is 19.8 Å². The number of carbonyl (C=O) groups is 3. The lowest BCUT2D eigenvalue weighted by Gasteiger charge is -2.29. The van der Waals surface area contributed by atoms with Crippen molar-refractivity contribution >= 4 is 58.5 Å². The maximum Gasteiger partial charge on any atom is 0.338 e. The van der Waals surface area contributed by atoms with Crippen molar-refractivity contribution in [3.63, 3.8) is 0 Å². The van der Waals surface area contributed by atoms with Crippen LogP contribution < -0.4 is 10.2 Å². The Balaban J connectivity index is 1.74. The highest BCUT2D eigenvalue weighted by molar-refractivity contribution is 7.80. The monoisotopic (exact) mass is 521 g/mol. The van der Waals surface area contributed by atoms with Crippen molar-refractivity contribution in [3.05, 3.63) is 87.2 Å². The van der Waals surface area contributed by atoms with Gasteiger partial charge < -0.3 is 9.30 Å². The van der Waals surface area contributed by atoms with Gasteiger partial charge in [0, 0.05) is 22.1 Å². The molecular weight excluding hydrogens is 498 g/mol. The van der Waals surface area contributed by atoms with E-state index in [1.165, 1.54) is 4.90 Å². The molecule has 2 amide bonds. The predicted octanol–water partition coefficient (Wildman–Crippen LogP) is 5.06. The molecular formula is C27H24ClN3O4S. The van der Waals surface area contributed by atoms with Crippen LogP contribution in [0.1, 0.15) is 39.8 Å². The number of benzene rings is 2. The van der Waals surface area contributed by atoms with Gasteiger partial charge in [0.25, 0.3) is 11.8 Å². The maximum atomic E-state index is 13.4. The molecule has 9 heteroatoms. The number of anilines is 1. The van der Waals surface area contributed by atoms with Crippen LogP contribution in [0.2, 0.25) is 5.02 Å². The Morgan fingerprint density at radius 2 is 1.83 bits per heavy atom. The van der Waals surface area contributed by atoms with E-state index in [1.54, 1.807) is 49.4 Å². The molecule has 1 aliphatic heterocycles. The number of hydrogen-bond acceptors (Lipinski definition) is 5. The van der Waals surface area contributed by atoms with Gasteiger partial charge in [-0.2, -0.15) is 0 Å². The zero-order valence-corrected chi connectivity index (χ0v) is 21.8. The summed E-state index contributed by atoms with van der Waals surface area (Å²) in [6.45, 7) is 7.68. The molecule has 1 fully saturated rings. The molecule has 4 rings (SSSR count). The van der Waals surface area contributed by atoms with Gasteiger partial charge in [0.15, 0.2) is 5.11 Å². The minimum atomic E-state index is -0.575. The quantitative estimate of drug-likeness (QED) is 0.219. The number of amides is 2. The molecule has 1 aliphatic rings. The Labute approximate surface area is 219 Å². The van der Waals surface area contributed by atoms with Crippen LogP contribution in [0.5, 0.6) is 0 Å². The van der Waals surface area contributed by atoms with E-state index >= 15 is 0 Å². The summed E-state index contributed by atoms with van der Waals surface area (Å²) in [6.07, 6.45) is 1.55. The number of hydrogen-bond donors (Lipinski definition) is 1. The molecule has 0 aliphatic carbocycles. The van der Waals surface area contributed by atoms with Gasteiger partial charge in [0.1, 0.15) is 5.57 Å². The van der Waals surface area contributed by atoms with Gasteiger partial charge in [-0.1, -0.05) is 23.7 Å². The molecule has 0 radical (unpaired) electrons. The molecule has 0 bridgehead atoms. The molecule has 0 unspecified atom stereocenters. The molecule has 1 saturated heterocycles. The van der Waals surface area contributed by atoms with Crippen LogP contribution in [0.25, 0.3) is 11.8 Å². The molecule has 0 spiro atoms. The molecule has 1 N–H and O–H groups in total. The van der Waals surface area contributed by atoms with Crippen LogP contribution in [0.15, 0.2) is 54.1 Å². The first kappa shape index (κ1) is 25.3. The van der Waals surface area contributed by atoms with Crippen molar-refractivity contribution < 1.29 is 19.1 Å². The van der Waals surface area contributed by atoms with E-state index in [4.69, 9.17) is 28.6 Å². The van der Waals surface area contributed by atoms with Crippen molar-refractivity contribution in [1.82, 2.24) is 9.88 Å². The molecule has 0 atom stereocenters. The molecule has 36 heavy (non-hydrogen) atoms. The second-order valence-corrected chi connectivity index (χ2v) is 9.12. The van der Waals surface area contributed by atoms with E-state index in [0.29, 0.717) is 21.8 Å². The summed E-state index contributed by atoms with van der Waals surface area (Å²) >= 11 is 11.5. The van der Waals surface area contributed by atoms with Gasteiger partial charge in [0.2, 0.25) is 0 Å². The van der Waals surface area contributed by atoms with Gasteiger partial charge in [0.05, 0.1) is 17.9 Å². The zero-order valence-electron chi connectivity index (χ0n) is 20.2. The second-order valence-electron chi connectivity index (χ2n) is 8.32. The first-order chi connectivity index (χ1) is 17.1. The van der Waals surface area contributed by atoms with E-state index in [9.17, 15) is 14.4 Å². The van der Waals surface area contributed by atoms with E-state index in [1.807, 2.05) is 37.5 Å². The molecule has 0 saturated carbocycles. The van der Waals surface area contributed by atoms with Crippen LogP contribution in [0.3, 0.4) is 0 Å². The fourth-order valence-electron chi connectivity index (χ4n) is 4.09. The highest BCUT2D eigenvalue weighted by atomic mass is 35.5. The summed E-state index contributed by atoms with van der Waals surface area (Å²) in [5, 5.41) is 3.07. The van der Waals surface area contributed by atoms with Crippen molar-refractivity contribution in [3.8, 4) is 5.69 Å². The summed E-state index contributed by atoms with van der Waals surface area (Å²) in [4.78, 5) is 39.6. The third-order valence-corrected chi connectivity index (χ3v) is 6.59. The standard InChI is InChI=1S/C27H24ClN3O4S/c1-5-35-26(34)18-7-6-8-20(12-18)30-16(3)11-19(17(30)4)13-22-24(32)29-27(36)31(25(22)33)21-10-9-15(2)23(28)14-21/h6-14H,5H2,1-4H3,(H,29,32,36)/b22-13+. The van der Waals surface area contributed by atoms with Crippen molar-refractivity contribution in [1.29, 1.82) is 0 Å². The van der Waals surface area contributed by atoms with Crippen LogP contribution in [0.4, 0.5) is 5.69 Å². The van der Waals surface area contributed by atoms with Crippen molar-refractivity contribution in [2.75, 3.05) is 11.5 Å². The Morgan fingerprint density at radius 1 is 1.08 bits per heavy atom. The molecule has 2 heterocycles. The highest BCUT2D eigenvalue weighted by Gasteiger charge is 2.35. The van der Waals surface area contributed by atoms with Crippen molar-refractivity contribution in [2.45, 2.75) is 27.7 Å². The fourth-order valence-corrected chi connectivity index (χ4v) is 4.54. The third kappa shape index (κ3) is 4.69. The van der Waals surface area contributed by atoms with Crippen LogP contribution in [-0.2, 0) is 14.3 Å². The zero-order chi connectivity index (χ0) is 26.1. The smallest absolute Gasteiger partial charge is 0.338 e. The topological polar surface area (TPSA) is 80.6 Å². The number of carbonyl (C=O) groups excluding carboxylic acids is 3. The second kappa shape index (κ2) is 10.1. The summed E-state index contributed by atoms with van der Waals surface area (Å²) < 4.78 is 7.06. The normalized spacial score (nSPS) is 14.9. The first-order valence-corrected chi connectivity index (χ1v) is 12.0. The Bertz CT molecular complexity index is 1460. The number of thiocarbonyl (C=S) groups is 1. The highest BCUT2D eigenvalue weighted by Crippen LogP contribution is 2.28. The van der Waals surface area contributed by atoms with Crippen LogP contribution in [-0.4, -0.2) is 34.1 Å². The number of nitrogens with one attached hydrogen (secondary N) is 1. The third-order valence-electron chi connectivity index (χ3n) is 5.90. The number of esters is 1. The SMILES string of the molecule is CCOC(=O)c1cccc(-n2c(C)cc(/C=C3\C(=O)NC(=S)N(c4ccc(C)c(Cl)c4)C3=O)c2C)c1. The number of aryl methyl sites for hydroxylation is 2. The number of rotatable bonds is 5. The molecule has 184 valence electrons. The van der Waals surface area contributed by atoms with E-state index in [0.717, 1.165) is 22.6 Å². The lowest BCUT2D eigenvalue weighted by atomic mass is 10.1. The Kier molecular flexibility index (Phi) is 7.10. The van der Waals surface area contributed by atoms with Gasteiger partial charge >= 0.3 is 5.97 Å². The largest absolute Gasteiger partial charge is 0.462 e. The van der Waals surface area contributed by atoms with Crippen molar-refractivity contribution in [2.24, 2.45) is 0 Å². The lowest BCUT2D eigenvalue weighted by Crippen LogP contribution is -2.54. The maximum absolute atomic E-state index is 13.4. The molecule has 3 aromatic rings. The number of ether oxygens (including phenoxy) is 1.